The molecule has 7 heteroatoms. The third-order valence-corrected chi connectivity index (χ3v) is 7.34. The van der Waals surface area contributed by atoms with Crippen LogP contribution in [-0.4, -0.2) is 79.9 Å². The van der Waals surface area contributed by atoms with E-state index in [0.717, 1.165) is 45.3 Å². The Morgan fingerprint density at radius 1 is 1.22 bits per heavy atom. The fourth-order valence-electron chi connectivity index (χ4n) is 4.26. The molecule has 0 aromatic rings. The van der Waals surface area contributed by atoms with Crippen molar-refractivity contribution < 1.29 is 13.2 Å². The second-order valence-corrected chi connectivity index (χ2v) is 9.55. The van der Waals surface area contributed by atoms with Crippen LogP contribution in [0.3, 0.4) is 0 Å². The summed E-state index contributed by atoms with van der Waals surface area (Å²) in [5, 5.41) is 3.34. The Bertz CT molecular complexity index is 531. The second-order valence-electron chi connectivity index (χ2n) is 7.32. The zero-order chi connectivity index (χ0) is 16.4. The number of hydrogen-bond acceptors (Lipinski definition) is 5. The molecule has 6 nitrogen and oxygen atoms in total. The van der Waals surface area contributed by atoms with Gasteiger partial charge in [-0.1, -0.05) is 12.8 Å². The summed E-state index contributed by atoms with van der Waals surface area (Å²) in [6.07, 6.45) is 4.97. The normalized spacial score (nSPS) is 32.2. The van der Waals surface area contributed by atoms with Crippen molar-refractivity contribution in [1.29, 1.82) is 0 Å². The molecule has 0 aromatic heterocycles. The maximum atomic E-state index is 13.0. The van der Waals surface area contributed by atoms with Crippen LogP contribution >= 0.6 is 0 Å². The quantitative estimate of drug-likeness (QED) is 0.792. The topological polar surface area (TPSA) is 69.7 Å². The summed E-state index contributed by atoms with van der Waals surface area (Å²) < 4.78 is 23.7. The Balaban J connectivity index is 1.70. The van der Waals surface area contributed by atoms with E-state index in [0.29, 0.717) is 19.0 Å². The van der Waals surface area contributed by atoms with Gasteiger partial charge in [-0.2, -0.15) is 0 Å². The van der Waals surface area contributed by atoms with Crippen LogP contribution in [0.1, 0.15) is 39.0 Å². The minimum absolute atomic E-state index is 0.103. The van der Waals surface area contributed by atoms with Gasteiger partial charge in [-0.25, -0.2) is 8.42 Å². The molecular weight excluding hydrogens is 314 g/mol. The summed E-state index contributed by atoms with van der Waals surface area (Å²) in [6, 6.07) is 0.498. The van der Waals surface area contributed by atoms with E-state index in [9.17, 15) is 13.2 Å². The first kappa shape index (κ1) is 17.2. The Morgan fingerprint density at radius 3 is 2.57 bits per heavy atom. The first-order valence-electron chi connectivity index (χ1n) is 8.92. The van der Waals surface area contributed by atoms with Gasteiger partial charge in [0.05, 0.1) is 18.1 Å². The van der Waals surface area contributed by atoms with Gasteiger partial charge in [-0.3, -0.25) is 9.69 Å². The first-order valence-corrected chi connectivity index (χ1v) is 10.7. The Labute approximate surface area is 139 Å². The van der Waals surface area contributed by atoms with Crippen LogP contribution < -0.4 is 5.32 Å². The van der Waals surface area contributed by atoms with E-state index in [-0.39, 0.29) is 29.5 Å². The molecule has 3 fully saturated rings. The van der Waals surface area contributed by atoms with Crippen molar-refractivity contribution in [2.75, 3.05) is 37.7 Å². The van der Waals surface area contributed by atoms with Gasteiger partial charge in [0.25, 0.3) is 0 Å². The van der Waals surface area contributed by atoms with Gasteiger partial charge in [0.15, 0.2) is 9.84 Å². The van der Waals surface area contributed by atoms with Crippen molar-refractivity contribution in [3.63, 3.8) is 0 Å². The van der Waals surface area contributed by atoms with E-state index in [1.165, 1.54) is 0 Å². The van der Waals surface area contributed by atoms with E-state index in [1.54, 1.807) is 0 Å². The molecule has 2 aliphatic heterocycles. The Kier molecular flexibility index (Phi) is 5.28. The zero-order valence-electron chi connectivity index (χ0n) is 14.0. The Morgan fingerprint density at radius 2 is 1.96 bits per heavy atom. The van der Waals surface area contributed by atoms with E-state index in [4.69, 9.17) is 0 Å². The maximum Gasteiger partial charge on any atom is 0.237 e. The van der Waals surface area contributed by atoms with Crippen LogP contribution in [0.25, 0.3) is 0 Å². The molecule has 1 aliphatic carbocycles. The molecule has 0 bridgehead atoms. The molecule has 0 radical (unpaired) electrons. The van der Waals surface area contributed by atoms with Crippen LogP contribution in [0.4, 0.5) is 0 Å². The Hall–Kier alpha value is -0.660. The van der Waals surface area contributed by atoms with Gasteiger partial charge in [-0.05, 0) is 26.2 Å². The maximum absolute atomic E-state index is 13.0. The van der Waals surface area contributed by atoms with Crippen molar-refractivity contribution in [3.8, 4) is 0 Å². The highest BCUT2D eigenvalue weighted by atomic mass is 32.2. The zero-order valence-corrected chi connectivity index (χ0v) is 14.9. The summed E-state index contributed by atoms with van der Waals surface area (Å²) in [5.74, 6) is 0.526. The van der Waals surface area contributed by atoms with Gasteiger partial charge in [0.2, 0.25) is 5.91 Å². The number of carbonyl (C=O) groups is 1. The number of nitrogens with one attached hydrogen (secondary N) is 1. The van der Waals surface area contributed by atoms with E-state index in [2.05, 4.69) is 17.1 Å². The van der Waals surface area contributed by atoms with Crippen LogP contribution in [0.2, 0.25) is 0 Å². The molecule has 132 valence electrons. The average Bonchev–Trinajstić information content (AvgIpc) is 3.12. The lowest BCUT2D eigenvalue weighted by Crippen LogP contribution is -2.56. The lowest BCUT2D eigenvalue weighted by atomic mass is 10.1. The summed E-state index contributed by atoms with van der Waals surface area (Å²) in [6.45, 7) is 5.27. The van der Waals surface area contributed by atoms with E-state index < -0.39 is 9.84 Å². The van der Waals surface area contributed by atoms with Crippen molar-refractivity contribution in [2.24, 2.45) is 0 Å². The predicted molar refractivity (Wildman–Crippen MR) is 90.1 cm³/mol. The fourth-order valence-corrected chi connectivity index (χ4v) is 5.97. The van der Waals surface area contributed by atoms with Crippen LogP contribution in [0, 0.1) is 0 Å². The third-order valence-electron chi connectivity index (χ3n) is 5.59. The highest BCUT2D eigenvalue weighted by Crippen LogP contribution is 2.29. The van der Waals surface area contributed by atoms with Crippen molar-refractivity contribution in [2.45, 2.75) is 57.2 Å². The highest BCUT2D eigenvalue weighted by Gasteiger charge is 2.39. The van der Waals surface area contributed by atoms with Gasteiger partial charge in [0.1, 0.15) is 0 Å². The standard InChI is InChI=1S/C16H29N3O3S/c1-13-10-17-7-8-18(13)11-16(20)19(14-4-2-3-5-14)15-6-9-23(21,22)12-15/h13-15,17H,2-12H2,1H3/t13-,15?/m0/s1. The molecule has 1 N–H and O–H groups in total. The van der Waals surface area contributed by atoms with Crippen molar-refractivity contribution >= 4 is 15.7 Å². The molecule has 3 aliphatic rings. The number of hydrogen-bond donors (Lipinski definition) is 1. The summed E-state index contributed by atoms with van der Waals surface area (Å²) in [5.41, 5.74) is 0. The van der Waals surface area contributed by atoms with Gasteiger partial charge < -0.3 is 10.2 Å². The largest absolute Gasteiger partial charge is 0.335 e. The molecule has 23 heavy (non-hydrogen) atoms. The number of amides is 1. The molecule has 0 aromatic carbocycles. The lowest BCUT2D eigenvalue weighted by Gasteiger charge is -2.38. The van der Waals surface area contributed by atoms with Gasteiger partial charge in [-0.15, -0.1) is 0 Å². The third kappa shape index (κ3) is 4.06. The van der Waals surface area contributed by atoms with Gasteiger partial charge >= 0.3 is 0 Å². The summed E-state index contributed by atoms with van der Waals surface area (Å²) in [7, 11) is -2.96. The lowest BCUT2D eigenvalue weighted by molar-refractivity contribution is -0.137. The van der Waals surface area contributed by atoms with Crippen molar-refractivity contribution in [3.05, 3.63) is 0 Å². The average molecular weight is 343 g/mol. The van der Waals surface area contributed by atoms with Gasteiger partial charge in [0, 0.05) is 37.8 Å². The SMILES string of the molecule is C[C@H]1CNCCN1CC(=O)N(C1CCCC1)C1CCS(=O)(=O)C1. The molecule has 3 rings (SSSR count). The molecule has 1 amide bonds. The number of carbonyl (C=O) groups excluding carboxylic acids is 1. The minimum Gasteiger partial charge on any atom is -0.335 e. The number of piperazine rings is 1. The van der Waals surface area contributed by atoms with E-state index >= 15 is 0 Å². The molecule has 2 saturated heterocycles. The monoisotopic (exact) mass is 343 g/mol. The summed E-state index contributed by atoms with van der Waals surface area (Å²) in [4.78, 5) is 17.2. The number of nitrogens with zero attached hydrogens (tertiary/aromatic N) is 2. The van der Waals surface area contributed by atoms with Crippen LogP contribution in [-0.2, 0) is 14.6 Å². The highest BCUT2D eigenvalue weighted by molar-refractivity contribution is 7.91. The molecular formula is C16H29N3O3S. The molecule has 0 spiro atoms. The summed E-state index contributed by atoms with van der Waals surface area (Å²) >= 11 is 0. The minimum atomic E-state index is -2.96. The number of rotatable bonds is 4. The van der Waals surface area contributed by atoms with Crippen molar-refractivity contribution in [1.82, 2.24) is 15.1 Å². The first-order chi connectivity index (χ1) is 11.0. The van der Waals surface area contributed by atoms with Crippen LogP contribution in [0.5, 0.6) is 0 Å². The smallest absolute Gasteiger partial charge is 0.237 e. The molecule has 1 saturated carbocycles. The molecule has 1 unspecified atom stereocenters. The predicted octanol–water partition coefficient (Wildman–Crippen LogP) is 0.238. The molecule has 2 heterocycles. The second kappa shape index (κ2) is 7.07. The van der Waals surface area contributed by atoms with Crippen LogP contribution in [0.15, 0.2) is 0 Å². The fraction of sp³-hybridized carbons (Fsp3) is 0.938. The molecule has 2 atom stereocenters. The van der Waals surface area contributed by atoms with E-state index in [1.807, 2.05) is 4.90 Å². The number of sulfone groups is 1.